The minimum Gasteiger partial charge on any atom is -0.390 e. The molecule has 1 N–H and O–H groups in total. The first-order chi connectivity index (χ1) is 8.06. The molecule has 0 aliphatic rings. The van der Waals surface area contributed by atoms with Crippen LogP contribution in [-0.4, -0.2) is 31.3 Å². The minimum absolute atomic E-state index is 0.437. The first-order valence-electron chi connectivity index (χ1n) is 4.43. The summed E-state index contributed by atoms with van der Waals surface area (Å²) in [5.74, 6) is -6.05. The number of rotatable bonds is 4. The maximum Gasteiger partial charge on any atom is 0.413 e. The van der Waals surface area contributed by atoms with Crippen LogP contribution in [0.2, 0.25) is 0 Å². The third-order valence-corrected chi connectivity index (χ3v) is 3.95. The van der Waals surface area contributed by atoms with Crippen LogP contribution in [-0.2, 0) is 9.84 Å². The molecular formula is C9H7F5O3S. The van der Waals surface area contributed by atoms with Gasteiger partial charge >= 0.3 is 11.2 Å². The van der Waals surface area contributed by atoms with E-state index < -0.39 is 38.3 Å². The van der Waals surface area contributed by atoms with Gasteiger partial charge < -0.3 is 5.11 Å². The summed E-state index contributed by atoms with van der Waals surface area (Å²) in [5.41, 5.74) is 0. The molecule has 0 fully saturated rings. The molecule has 0 unspecified atom stereocenters. The van der Waals surface area contributed by atoms with Gasteiger partial charge in [0.15, 0.2) is 0 Å². The van der Waals surface area contributed by atoms with Crippen LogP contribution >= 0.6 is 0 Å². The third-order valence-electron chi connectivity index (χ3n) is 2.09. The van der Waals surface area contributed by atoms with E-state index in [2.05, 4.69) is 0 Å². The van der Waals surface area contributed by atoms with Crippen LogP contribution in [0.4, 0.5) is 22.0 Å². The summed E-state index contributed by atoms with van der Waals surface area (Å²) >= 11 is 0. The molecule has 0 spiro atoms. The summed E-state index contributed by atoms with van der Waals surface area (Å²) < 4.78 is 86.9. The summed E-state index contributed by atoms with van der Waals surface area (Å²) in [7, 11) is -5.74. The van der Waals surface area contributed by atoms with Gasteiger partial charge in [0.2, 0.25) is 9.84 Å². The lowest BCUT2D eigenvalue weighted by atomic mass is 10.3. The van der Waals surface area contributed by atoms with E-state index >= 15 is 0 Å². The van der Waals surface area contributed by atoms with E-state index in [4.69, 9.17) is 5.11 Å². The first kappa shape index (κ1) is 14.8. The average Bonchev–Trinajstić information content (AvgIpc) is 2.29. The molecule has 9 heteroatoms. The number of alkyl halides is 4. The molecule has 102 valence electrons. The van der Waals surface area contributed by atoms with E-state index in [1.807, 2.05) is 0 Å². The van der Waals surface area contributed by atoms with Crippen LogP contribution in [0, 0.1) is 5.82 Å². The van der Waals surface area contributed by atoms with Gasteiger partial charge in [-0.2, -0.15) is 17.6 Å². The Morgan fingerprint density at radius 3 is 1.89 bits per heavy atom. The highest BCUT2D eigenvalue weighted by Gasteiger charge is 2.65. The zero-order valence-electron chi connectivity index (χ0n) is 8.58. The van der Waals surface area contributed by atoms with Crippen LogP contribution < -0.4 is 0 Å². The molecule has 0 aromatic heterocycles. The van der Waals surface area contributed by atoms with E-state index in [0.717, 1.165) is 0 Å². The lowest BCUT2D eigenvalue weighted by molar-refractivity contribution is -0.178. The Morgan fingerprint density at radius 2 is 1.50 bits per heavy atom. The lowest BCUT2D eigenvalue weighted by Crippen LogP contribution is -2.49. The van der Waals surface area contributed by atoms with Crippen LogP contribution in [0.1, 0.15) is 0 Å². The smallest absolute Gasteiger partial charge is 0.390 e. The largest absolute Gasteiger partial charge is 0.413 e. The predicted octanol–water partition coefficient (Wildman–Crippen LogP) is 1.82. The number of hydrogen-bond donors (Lipinski definition) is 1. The molecule has 1 aromatic carbocycles. The van der Waals surface area contributed by atoms with Gasteiger partial charge in [-0.15, -0.1) is 0 Å². The zero-order chi connectivity index (χ0) is 14.2. The standard InChI is InChI=1S/C9H7F5O3S/c10-6-1-3-7(4-2-6)18(16,17)9(13,14)8(11,12)5-15/h1-4,15H,5H2. The number of hydrogen-bond acceptors (Lipinski definition) is 3. The first-order valence-corrected chi connectivity index (χ1v) is 5.91. The van der Waals surface area contributed by atoms with Crippen molar-refractivity contribution in [3.8, 4) is 0 Å². The van der Waals surface area contributed by atoms with Crippen molar-refractivity contribution < 1.29 is 35.5 Å². The second-order valence-corrected chi connectivity index (χ2v) is 5.33. The second-order valence-electron chi connectivity index (χ2n) is 3.34. The highest BCUT2D eigenvalue weighted by molar-refractivity contribution is 7.92. The Hall–Kier alpha value is -1.22. The Kier molecular flexibility index (Phi) is 3.68. The number of halogens is 5. The maximum atomic E-state index is 13.2. The fraction of sp³-hybridized carbons (Fsp3) is 0.333. The Morgan fingerprint density at radius 1 is 1.06 bits per heavy atom. The average molecular weight is 290 g/mol. The van der Waals surface area contributed by atoms with Gasteiger partial charge in [0, 0.05) is 0 Å². The quantitative estimate of drug-likeness (QED) is 0.680. The molecule has 3 nitrogen and oxygen atoms in total. The van der Waals surface area contributed by atoms with Crippen molar-refractivity contribution in [3.05, 3.63) is 30.1 Å². The van der Waals surface area contributed by atoms with Gasteiger partial charge in [0.05, 0.1) is 4.90 Å². The van der Waals surface area contributed by atoms with Gasteiger partial charge in [0.1, 0.15) is 12.4 Å². The van der Waals surface area contributed by atoms with Crippen molar-refractivity contribution >= 4 is 9.84 Å². The third kappa shape index (κ3) is 2.19. The molecule has 18 heavy (non-hydrogen) atoms. The van der Waals surface area contributed by atoms with Crippen LogP contribution in [0.5, 0.6) is 0 Å². The monoisotopic (exact) mass is 290 g/mol. The zero-order valence-corrected chi connectivity index (χ0v) is 9.39. The van der Waals surface area contributed by atoms with Crippen LogP contribution in [0.25, 0.3) is 0 Å². The molecule has 0 saturated carbocycles. The minimum atomic E-state index is -5.74. The molecule has 0 aliphatic carbocycles. The Balaban J connectivity index is 3.34. The van der Waals surface area contributed by atoms with Crippen molar-refractivity contribution in [2.45, 2.75) is 16.1 Å². The summed E-state index contributed by atoms with van der Waals surface area (Å²) in [6, 6.07) is 1.96. The van der Waals surface area contributed by atoms with Crippen LogP contribution in [0.3, 0.4) is 0 Å². The van der Waals surface area contributed by atoms with E-state index in [1.54, 1.807) is 0 Å². The van der Waals surface area contributed by atoms with Gasteiger partial charge in [-0.3, -0.25) is 0 Å². The number of benzene rings is 1. The molecular weight excluding hydrogens is 283 g/mol. The second kappa shape index (κ2) is 4.47. The molecule has 1 rings (SSSR count). The van der Waals surface area contributed by atoms with Crippen molar-refractivity contribution in [3.63, 3.8) is 0 Å². The fourth-order valence-corrected chi connectivity index (χ4v) is 2.30. The Bertz CT molecular complexity index is 524. The van der Waals surface area contributed by atoms with Gasteiger partial charge in [-0.25, -0.2) is 12.8 Å². The summed E-state index contributed by atoms with van der Waals surface area (Å²) in [6.45, 7) is -2.33. The van der Waals surface area contributed by atoms with Gasteiger partial charge in [-0.1, -0.05) is 0 Å². The molecule has 0 saturated heterocycles. The van der Waals surface area contributed by atoms with Crippen molar-refractivity contribution in [2.75, 3.05) is 6.61 Å². The highest BCUT2D eigenvalue weighted by Crippen LogP contribution is 2.41. The molecule has 0 amide bonds. The van der Waals surface area contributed by atoms with Gasteiger partial charge in [0.25, 0.3) is 0 Å². The van der Waals surface area contributed by atoms with Crippen LogP contribution in [0.15, 0.2) is 29.2 Å². The van der Waals surface area contributed by atoms with E-state index in [1.165, 1.54) is 0 Å². The lowest BCUT2D eigenvalue weighted by Gasteiger charge is -2.24. The van der Waals surface area contributed by atoms with E-state index in [-0.39, 0.29) is 0 Å². The molecule has 1 aromatic rings. The summed E-state index contributed by atoms with van der Waals surface area (Å²) in [6.07, 6.45) is 0. The Labute approximate surface area is 98.8 Å². The number of aliphatic hydroxyl groups excluding tert-OH is 1. The topological polar surface area (TPSA) is 54.4 Å². The number of sulfone groups is 1. The SMILES string of the molecule is O=S(=O)(c1ccc(F)cc1)C(F)(F)C(F)(F)CO. The van der Waals surface area contributed by atoms with Gasteiger partial charge in [-0.05, 0) is 24.3 Å². The summed E-state index contributed by atoms with van der Waals surface area (Å²) in [4.78, 5) is -1.16. The van der Waals surface area contributed by atoms with Crippen molar-refractivity contribution in [1.29, 1.82) is 0 Å². The summed E-state index contributed by atoms with van der Waals surface area (Å²) in [5, 5.41) is 2.64. The molecule has 0 atom stereocenters. The normalized spacial score (nSPS) is 13.7. The van der Waals surface area contributed by atoms with E-state index in [9.17, 15) is 30.4 Å². The van der Waals surface area contributed by atoms with Crippen molar-refractivity contribution in [1.82, 2.24) is 0 Å². The molecule has 0 aliphatic heterocycles. The number of aliphatic hydroxyl groups is 1. The van der Waals surface area contributed by atoms with E-state index in [0.29, 0.717) is 24.3 Å². The maximum absolute atomic E-state index is 13.2. The van der Waals surface area contributed by atoms with Crippen molar-refractivity contribution in [2.24, 2.45) is 0 Å². The highest BCUT2D eigenvalue weighted by atomic mass is 32.2. The fourth-order valence-electron chi connectivity index (χ4n) is 1.05. The molecule has 0 heterocycles. The molecule has 0 radical (unpaired) electrons. The predicted molar refractivity (Wildman–Crippen MR) is 50.6 cm³/mol. The molecule has 0 bridgehead atoms.